The molecule has 0 bridgehead atoms. The van der Waals surface area contributed by atoms with E-state index in [-0.39, 0.29) is 6.71 Å². The maximum absolute atomic E-state index is 5.77. The number of rotatable bonds is 11. The van der Waals surface area contributed by atoms with Gasteiger partial charge in [0.15, 0.2) is 0 Å². The molecule has 2 aliphatic carbocycles. The van der Waals surface area contributed by atoms with Crippen molar-refractivity contribution in [3.05, 3.63) is 290 Å². The van der Waals surface area contributed by atoms with Gasteiger partial charge in [-0.05, 0) is 193 Å². The first kappa shape index (κ1) is 52.8. The summed E-state index contributed by atoms with van der Waals surface area (Å²) in [5.41, 5.74) is 29.8. The number of hydrogen-bond acceptors (Lipinski definition) is 3. The van der Waals surface area contributed by atoms with Crippen LogP contribution in [0.4, 0.5) is 34.1 Å². The molecule has 0 N–H and O–H groups in total. The fraction of sp³-hybridized carbons (Fsp3) is 0.145. The topological polar surface area (TPSA) is 19.4 Å². The number of hydrogen-bond donors (Lipinski definition) is 0. The lowest BCUT2D eigenvalue weighted by Gasteiger charge is -2.45. The van der Waals surface area contributed by atoms with Gasteiger partial charge in [0.2, 0.25) is 0 Å². The summed E-state index contributed by atoms with van der Waals surface area (Å²) < 4.78 is 0. The summed E-state index contributed by atoms with van der Waals surface area (Å²) in [6.07, 6.45) is 12.6. The Balaban J connectivity index is 1.04. The molecule has 4 aliphatic rings. The van der Waals surface area contributed by atoms with Crippen molar-refractivity contribution >= 4 is 57.2 Å². The number of nitrogens with zero attached hydrogens (tertiary/aromatic N) is 3. The molecule has 1 aromatic heterocycles. The predicted octanol–water partition coefficient (Wildman–Crippen LogP) is 20.9. The third-order valence-corrected chi connectivity index (χ3v) is 19.4. The third kappa shape index (κ3) is 10.1. The second-order valence-electron chi connectivity index (χ2n) is 24.7. The van der Waals surface area contributed by atoms with E-state index in [0.29, 0.717) is 11.8 Å². The molecule has 3 nitrogen and oxygen atoms in total. The van der Waals surface area contributed by atoms with Crippen LogP contribution in [-0.4, -0.2) is 11.7 Å². The van der Waals surface area contributed by atoms with Gasteiger partial charge in [0, 0.05) is 45.3 Å². The molecule has 4 heteroatoms. The molecule has 0 amide bonds. The molecule has 0 radical (unpaired) electrons. The lowest BCUT2D eigenvalue weighted by atomic mass is 9.33. The molecule has 418 valence electrons. The summed E-state index contributed by atoms with van der Waals surface area (Å²) in [7, 11) is 0. The SMILES string of the molecule is c1ccc(-c2cc(-c3ccccc3)cc(N3c4cc(C5CCCCC5)ccc4B4c5ccc(C6CCCCC6)cc5N(c5cc(-c6ccccc6)cc(-c6ccccc6)c5)c5cc(-c6cc(-c7ccccc7)cc(-c7ccccc7)n6)cc3c54)c2)cc1. The van der Waals surface area contributed by atoms with Crippen molar-refractivity contribution in [2.45, 2.75) is 76.0 Å². The van der Waals surface area contributed by atoms with Crippen molar-refractivity contribution < 1.29 is 0 Å². The summed E-state index contributed by atoms with van der Waals surface area (Å²) in [5, 5.41) is 0. The maximum atomic E-state index is 5.77. The van der Waals surface area contributed by atoms with Crippen molar-refractivity contribution in [3.8, 4) is 78.1 Å². The van der Waals surface area contributed by atoms with Crippen LogP contribution in [0.3, 0.4) is 0 Å². The summed E-state index contributed by atoms with van der Waals surface area (Å²) in [6.45, 7) is -0.0670. The highest BCUT2D eigenvalue weighted by atomic mass is 15.2. The van der Waals surface area contributed by atoms with E-state index in [1.807, 2.05) is 0 Å². The van der Waals surface area contributed by atoms with Crippen LogP contribution in [0.2, 0.25) is 0 Å². The minimum Gasteiger partial charge on any atom is -0.311 e. The highest BCUT2D eigenvalue weighted by Crippen LogP contribution is 2.50. The van der Waals surface area contributed by atoms with Crippen molar-refractivity contribution in [1.29, 1.82) is 0 Å². The Morgan fingerprint density at radius 2 is 0.586 bits per heavy atom. The molecule has 3 heterocycles. The second kappa shape index (κ2) is 22.9. The second-order valence-corrected chi connectivity index (χ2v) is 24.7. The Hall–Kier alpha value is -9.77. The number of anilines is 6. The van der Waals surface area contributed by atoms with Gasteiger partial charge >= 0.3 is 0 Å². The summed E-state index contributed by atoms with van der Waals surface area (Å²) in [5.74, 6) is 1.02. The van der Waals surface area contributed by atoms with Crippen LogP contribution in [-0.2, 0) is 0 Å². The molecule has 2 aliphatic heterocycles. The van der Waals surface area contributed by atoms with Gasteiger partial charge in [0.05, 0.1) is 11.4 Å². The van der Waals surface area contributed by atoms with Crippen LogP contribution in [0.15, 0.2) is 279 Å². The first-order valence-corrected chi connectivity index (χ1v) is 31.8. The Bertz CT molecular complexity index is 4060. The van der Waals surface area contributed by atoms with Crippen LogP contribution in [0.1, 0.15) is 87.2 Å². The summed E-state index contributed by atoms with van der Waals surface area (Å²) in [6, 6.07) is 105. The van der Waals surface area contributed by atoms with E-state index in [0.717, 1.165) is 45.0 Å². The van der Waals surface area contributed by atoms with Gasteiger partial charge in [-0.25, -0.2) is 4.98 Å². The zero-order valence-electron chi connectivity index (χ0n) is 49.2. The molecule has 0 saturated heterocycles. The fourth-order valence-electron chi connectivity index (χ4n) is 15.0. The van der Waals surface area contributed by atoms with Gasteiger partial charge in [0.25, 0.3) is 6.71 Å². The number of fused-ring (bicyclic) bond motifs is 4. The molecule has 16 rings (SSSR count). The number of pyridine rings is 1. The van der Waals surface area contributed by atoms with Crippen LogP contribution in [0.5, 0.6) is 0 Å². The maximum Gasteiger partial charge on any atom is 0.252 e. The molecule has 0 spiro atoms. The predicted molar refractivity (Wildman–Crippen MR) is 368 cm³/mol. The molecule has 2 saturated carbocycles. The highest BCUT2D eigenvalue weighted by molar-refractivity contribution is 7.00. The van der Waals surface area contributed by atoms with E-state index in [1.165, 1.54) is 159 Å². The van der Waals surface area contributed by atoms with Gasteiger partial charge < -0.3 is 9.80 Å². The smallest absolute Gasteiger partial charge is 0.252 e. The Morgan fingerprint density at radius 1 is 0.264 bits per heavy atom. The van der Waals surface area contributed by atoms with Gasteiger partial charge in [-0.15, -0.1) is 0 Å². The number of benzene rings is 11. The standard InChI is InChI=1S/C83H68BN3/c1-9-25-57(26-10-1)65-41-43-75-79(53-65)86(73-47-67(59-29-13-3-14-30-59)45-68(48-73)60-31-15-4-16-32-60)81-55-72(78-52-71(63-37-21-7-22-38-63)51-77(85-78)64-39-23-8-24-40-64)56-82-83(81)84(75)76-44-42-66(58-27-11-2-12-28-58)54-80(76)87(82)74-49-69(61-33-17-5-18-34-61)46-70(50-74)62-35-19-6-20-36-62/h3-8,13-24,29-58H,1-2,9-12,25-28H2. The average Bonchev–Trinajstić information content (AvgIpc) is 1.23. The largest absolute Gasteiger partial charge is 0.311 e. The van der Waals surface area contributed by atoms with Crippen molar-refractivity contribution in [2.24, 2.45) is 0 Å². The van der Waals surface area contributed by atoms with E-state index < -0.39 is 0 Å². The molecular formula is C83H68BN3. The molecule has 12 aromatic rings. The van der Waals surface area contributed by atoms with Gasteiger partial charge in [0.1, 0.15) is 0 Å². The highest BCUT2D eigenvalue weighted by Gasteiger charge is 2.45. The van der Waals surface area contributed by atoms with Crippen LogP contribution in [0, 0.1) is 0 Å². The number of aromatic nitrogens is 1. The van der Waals surface area contributed by atoms with Crippen LogP contribution >= 0.6 is 0 Å². The quantitative estimate of drug-likeness (QED) is 0.120. The van der Waals surface area contributed by atoms with E-state index in [9.17, 15) is 0 Å². The first-order valence-electron chi connectivity index (χ1n) is 31.8. The van der Waals surface area contributed by atoms with E-state index in [2.05, 4.69) is 289 Å². The van der Waals surface area contributed by atoms with Crippen LogP contribution in [0.25, 0.3) is 78.1 Å². The fourth-order valence-corrected chi connectivity index (χ4v) is 15.0. The monoisotopic (exact) mass is 1120 g/mol. The Labute approximate surface area is 513 Å². The summed E-state index contributed by atoms with van der Waals surface area (Å²) in [4.78, 5) is 11.1. The first-order chi connectivity index (χ1) is 43.1. The van der Waals surface area contributed by atoms with Gasteiger partial charge in [-0.3, -0.25) is 0 Å². The van der Waals surface area contributed by atoms with E-state index in [4.69, 9.17) is 4.98 Å². The molecular weight excluding hydrogens is 1050 g/mol. The van der Waals surface area contributed by atoms with Crippen molar-refractivity contribution in [3.63, 3.8) is 0 Å². The van der Waals surface area contributed by atoms with E-state index in [1.54, 1.807) is 0 Å². The third-order valence-electron chi connectivity index (χ3n) is 19.4. The lowest BCUT2D eigenvalue weighted by Crippen LogP contribution is -2.61. The van der Waals surface area contributed by atoms with Gasteiger partial charge in [-0.2, -0.15) is 0 Å². The van der Waals surface area contributed by atoms with E-state index >= 15 is 0 Å². The molecule has 0 atom stereocenters. The van der Waals surface area contributed by atoms with Gasteiger partial charge in [-0.1, -0.05) is 245 Å². The zero-order chi connectivity index (χ0) is 57.6. The minimum atomic E-state index is -0.0670. The average molecular weight is 1120 g/mol. The van der Waals surface area contributed by atoms with Crippen LogP contribution < -0.4 is 26.2 Å². The summed E-state index contributed by atoms with van der Waals surface area (Å²) >= 11 is 0. The Kier molecular flexibility index (Phi) is 13.9. The minimum absolute atomic E-state index is 0.0670. The van der Waals surface area contributed by atoms with Crippen molar-refractivity contribution in [1.82, 2.24) is 4.98 Å². The molecule has 0 unspecified atom stereocenters. The molecule has 87 heavy (non-hydrogen) atoms. The zero-order valence-corrected chi connectivity index (χ0v) is 49.2. The normalized spacial score (nSPS) is 14.7. The Morgan fingerprint density at radius 3 is 0.943 bits per heavy atom. The molecule has 2 fully saturated rings. The van der Waals surface area contributed by atoms with Crippen molar-refractivity contribution in [2.75, 3.05) is 9.80 Å². The molecule has 11 aromatic carbocycles. The lowest BCUT2D eigenvalue weighted by molar-refractivity contribution is 0.444.